The number of hydrogen-bond donors (Lipinski definition) is 1. The first kappa shape index (κ1) is 18.9. The summed E-state index contributed by atoms with van der Waals surface area (Å²) < 4.78 is 27.6. The smallest absolute Gasteiger partial charge is 0.295 e. The molecule has 6 nitrogen and oxygen atoms in total. The van der Waals surface area contributed by atoms with Crippen molar-refractivity contribution >= 4 is 22.4 Å². The van der Waals surface area contributed by atoms with Crippen LogP contribution in [0, 0.1) is 18.6 Å². The molecule has 0 bridgehead atoms. The Morgan fingerprint density at radius 3 is 2.41 bits per heavy atom. The highest BCUT2D eigenvalue weighted by Gasteiger charge is 2.17. The van der Waals surface area contributed by atoms with Gasteiger partial charge in [0.15, 0.2) is 5.13 Å². The van der Waals surface area contributed by atoms with E-state index in [9.17, 15) is 13.6 Å². The van der Waals surface area contributed by atoms with Crippen LogP contribution in [0.2, 0.25) is 0 Å². The van der Waals surface area contributed by atoms with Gasteiger partial charge in [-0.25, -0.2) is 23.4 Å². The molecule has 0 aliphatic rings. The van der Waals surface area contributed by atoms with Gasteiger partial charge in [0.2, 0.25) is 5.82 Å². The van der Waals surface area contributed by atoms with Gasteiger partial charge in [-0.15, -0.1) is 16.4 Å². The van der Waals surface area contributed by atoms with Crippen LogP contribution in [0.25, 0.3) is 5.69 Å². The van der Waals surface area contributed by atoms with Crippen molar-refractivity contribution < 1.29 is 13.6 Å². The standard InChI is InChI=1S/C20H15F2N5OS/c1-12-24-18(26-27(12)16-8-6-15(22)7-9-16)19(28)25-20-23-11-17(29-20)10-13-2-4-14(21)5-3-13/h2-9,11H,10H2,1H3,(H,23,25,28). The van der Waals surface area contributed by atoms with E-state index in [0.29, 0.717) is 23.1 Å². The van der Waals surface area contributed by atoms with Gasteiger partial charge in [-0.1, -0.05) is 12.1 Å². The summed E-state index contributed by atoms with van der Waals surface area (Å²) >= 11 is 1.32. The van der Waals surface area contributed by atoms with Gasteiger partial charge in [-0.2, -0.15) is 0 Å². The number of benzene rings is 2. The Kier molecular flexibility index (Phi) is 5.13. The van der Waals surface area contributed by atoms with E-state index in [4.69, 9.17) is 0 Å². The quantitative estimate of drug-likeness (QED) is 0.535. The van der Waals surface area contributed by atoms with E-state index in [1.165, 1.54) is 40.3 Å². The molecule has 0 saturated carbocycles. The molecular formula is C20H15F2N5OS. The Hall–Kier alpha value is -3.46. The molecule has 2 heterocycles. The molecule has 0 spiro atoms. The lowest BCUT2D eigenvalue weighted by molar-refractivity contribution is 0.101. The number of aryl methyl sites for hydroxylation is 1. The minimum Gasteiger partial charge on any atom is -0.295 e. The zero-order valence-corrected chi connectivity index (χ0v) is 16.1. The molecule has 2 aromatic carbocycles. The maximum Gasteiger partial charge on any atom is 0.297 e. The second-order valence-electron chi connectivity index (χ2n) is 6.26. The number of thiazole rings is 1. The normalized spacial score (nSPS) is 10.9. The molecule has 1 amide bonds. The van der Waals surface area contributed by atoms with Crippen molar-refractivity contribution in [2.24, 2.45) is 0 Å². The molecule has 0 saturated heterocycles. The molecule has 1 N–H and O–H groups in total. The number of hydrogen-bond acceptors (Lipinski definition) is 5. The van der Waals surface area contributed by atoms with E-state index in [0.717, 1.165) is 10.4 Å². The van der Waals surface area contributed by atoms with E-state index < -0.39 is 5.91 Å². The predicted octanol–water partition coefficient (Wildman–Crippen LogP) is 4.15. The highest BCUT2D eigenvalue weighted by atomic mass is 32.1. The molecule has 4 rings (SSSR count). The number of carbonyl (C=O) groups is 1. The molecule has 0 fully saturated rings. The van der Waals surface area contributed by atoms with Crippen molar-refractivity contribution in [1.82, 2.24) is 19.7 Å². The van der Waals surface area contributed by atoms with Gasteiger partial charge in [0.25, 0.3) is 5.91 Å². The zero-order valence-electron chi connectivity index (χ0n) is 15.3. The molecule has 0 atom stereocenters. The van der Waals surface area contributed by atoms with Crippen molar-refractivity contribution in [3.8, 4) is 5.69 Å². The molecule has 0 radical (unpaired) electrons. The second-order valence-corrected chi connectivity index (χ2v) is 7.38. The van der Waals surface area contributed by atoms with Crippen molar-refractivity contribution in [2.45, 2.75) is 13.3 Å². The Labute approximate surface area is 168 Å². The van der Waals surface area contributed by atoms with Gasteiger partial charge >= 0.3 is 0 Å². The Morgan fingerprint density at radius 1 is 1.07 bits per heavy atom. The second kappa shape index (κ2) is 7.88. The molecule has 0 unspecified atom stereocenters. The lowest BCUT2D eigenvalue weighted by atomic mass is 10.1. The van der Waals surface area contributed by atoms with Gasteiger partial charge in [0.1, 0.15) is 17.5 Å². The van der Waals surface area contributed by atoms with E-state index in [2.05, 4.69) is 20.4 Å². The predicted molar refractivity (Wildman–Crippen MR) is 105 cm³/mol. The van der Waals surface area contributed by atoms with Gasteiger partial charge in [0, 0.05) is 17.5 Å². The fourth-order valence-electron chi connectivity index (χ4n) is 2.72. The largest absolute Gasteiger partial charge is 0.297 e. The summed E-state index contributed by atoms with van der Waals surface area (Å²) in [6.45, 7) is 1.71. The van der Waals surface area contributed by atoms with Crippen molar-refractivity contribution in [1.29, 1.82) is 0 Å². The highest BCUT2D eigenvalue weighted by molar-refractivity contribution is 7.15. The Morgan fingerprint density at radius 2 is 1.72 bits per heavy atom. The van der Waals surface area contributed by atoms with Gasteiger partial charge < -0.3 is 0 Å². The molecule has 2 aromatic heterocycles. The molecule has 9 heteroatoms. The van der Waals surface area contributed by atoms with Crippen molar-refractivity contribution in [2.75, 3.05) is 5.32 Å². The SMILES string of the molecule is Cc1nc(C(=O)Nc2ncc(Cc3ccc(F)cc3)s2)nn1-c1ccc(F)cc1. The van der Waals surface area contributed by atoms with Gasteiger partial charge in [0.05, 0.1) is 5.69 Å². The summed E-state index contributed by atoms with van der Waals surface area (Å²) in [7, 11) is 0. The number of aromatic nitrogens is 4. The van der Waals surface area contributed by atoms with Crippen molar-refractivity contribution in [3.05, 3.63) is 88.5 Å². The summed E-state index contributed by atoms with van der Waals surface area (Å²) in [5.74, 6) is -0.643. The van der Waals surface area contributed by atoms with Crippen LogP contribution < -0.4 is 5.32 Å². The molecule has 29 heavy (non-hydrogen) atoms. The maximum absolute atomic E-state index is 13.1. The number of halogens is 2. The highest BCUT2D eigenvalue weighted by Crippen LogP contribution is 2.22. The number of rotatable bonds is 5. The molecule has 4 aromatic rings. The van der Waals surface area contributed by atoms with Crippen LogP contribution in [0.4, 0.5) is 13.9 Å². The Balaban J connectivity index is 1.46. The fraction of sp³-hybridized carbons (Fsp3) is 0.100. The fourth-order valence-corrected chi connectivity index (χ4v) is 3.56. The summed E-state index contributed by atoms with van der Waals surface area (Å²) in [6, 6.07) is 12.0. The summed E-state index contributed by atoms with van der Waals surface area (Å²) in [4.78, 5) is 21.8. The molecule has 0 aliphatic heterocycles. The van der Waals surface area contributed by atoms with Gasteiger partial charge in [-0.05, 0) is 48.9 Å². The van der Waals surface area contributed by atoms with Crippen molar-refractivity contribution in [3.63, 3.8) is 0 Å². The Bertz CT molecular complexity index is 1150. The lowest BCUT2D eigenvalue weighted by Gasteiger charge is -2.01. The van der Waals surface area contributed by atoms with Crippen LogP contribution in [0.3, 0.4) is 0 Å². The van der Waals surface area contributed by atoms with E-state index in [1.807, 2.05) is 0 Å². The number of nitrogens with zero attached hydrogens (tertiary/aromatic N) is 4. The minimum absolute atomic E-state index is 0.0119. The summed E-state index contributed by atoms with van der Waals surface area (Å²) in [5, 5.41) is 7.31. The van der Waals surface area contributed by atoms with Crippen LogP contribution in [0.5, 0.6) is 0 Å². The summed E-state index contributed by atoms with van der Waals surface area (Å²) in [5.41, 5.74) is 1.55. The van der Waals surface area contributed by atoms with Crippen LogP contribution in [0.1, 0.15) is 26.9 Å². The molecule has 0 aliphatic carbocycles. The first-order valence-electron chi connectivity index (χ1n) is 8.68. The number of anilines is 1. The minimum atomic E-state index is -0.489. The number of carbonyl (C=O) groups excluding carboxylic acids is 1. The van der Waals surface area contributed by atoms with Crippen LogP contribution in [-0.4, -0.2) is 25.7 Å². The van der Waals surface area contributed by atoms with Crippen LogP contribution >= 0.6 is 11.3 Å². The third kappa shape index (κ3) is 4.35. The average Bonchev–Trinajstić information content (AvgIpc) is 3.31. The first-order valence-corrected chi connectivity index (χ1v) is 9.50. The molecule has 146 valence electrons. The van der Waals surface area contributed by atoms with Crippen LogP contribution in [-0.2, 0) is 6.42 Å². The van der Waals surface area contributed by atoms with E-state index in [-0.39, 0.29) is 17.5 Å². The zero-order chi connectivity index (χ0) is 20.4. The third-order valence-corrected chi connectivity index (χ3v) is 5.02. The monoisotopic (exact) mass is 411 g/mol. The number of amides is 1. The lowest BCUT2D eigenvalue weighted by Crippen LogP contribution is -2.14. The van der Waals surface area contributed by atoms with E-state index in [1.54, 1.807) is 37.4 Å². The summed E-state index contributed by atoms with van der Waals surface area (Å²) in [6.07, 6.45) is 2.25. The third-order valence-electron chi connectivity index (χ3n) is 4.11. The van der Waals surface area contributed by atoms with Gasteiger partial charge in [-0.3, -0.25) is 10.1 Å². The maximum atomic E-state index is 13.1. The van der Waals surface area contributed by atoms with E-state index >= 15 is 0 Å². The average molecular weight is 411 g/mol. The number of nitrogens with one attached hydrogen (secondary N) is 1. The first-order chi connectivity index (χ1) is 14.0. The van der Waals surface area contributed by atoms with Crippen LogP contribution in [0.15, 0.2) is 54.7 Å². The molecular weight excluding hydrogens is 396 g/mol. The topological polar surface area (TPSA) is 72.7 Å².